The van der Waals surface area contributed by atoms with Crippen molar-refractivity contribution in [3.63, 3.8) is 0 Å². The van der Waals surface area contributed by atoms with E-state index in [2.05, 4.69) is 0 Å². The van der Waals surface area contributed by atoms with Gasteiger partial charge in [0, 0.05) is 26.2 Å². The lowest BCUT2D eigenvalue weighted by Gasteiger charge is -2.22. The van der Waals surface area contributed by atoms with E-state index in [4.69, 9.17) is 0 Å². The molecule has 2 fully saturated rings. The predicted molar refractivity (Wildman–Crippen MR) is 89.7 cm³/mol. The molecule has 134 valence electrons. The van der Waals surface area contributed by atoms with Crippen molar-refractivity contribution in [3.8, 4) is 0 Å². The summed E-state index contributed by atoms with van der Waals surface area (Å²) in [5.74, 6) is -1.58. The van der Waals surface area contributed by atoms with Gasteiger partial charge in [0.1, 0.15) is 0 Å². The van der Waals surface area contributed by atoms with Crippen LogP contribution in [0.5, 0.6) is 0 Å². The first-order valence-corrected chi connectivity index (χ1v) is 9.59. The van der Waals surface area contributed by atoms with E-state index in [0.717, 1.165) is 0 Å². The van der Waals surface area contributed by atoms with E-state index in [-0.39, 0.29) is 16.6 Å². The van der Waals surface area contributed by atoms with Crippen molar-refractivity contribution in [3.05, 3.63) is 28.7 Å². The number of aliphatic carboxylic acids is 1. The molecule has 0 spiro atoms. The quantitative estimate of drug-likeness (QED) is 0.854. The zero-order chi connectivity index (χ0) is 18.1. The van der Waals surface area contributed by atoms with Gasteiger partial charge in [-0.05, 0) is 37.5 Å². The summed E-state index contributed by atoms with van der Waals surface area (Å²) in [6.07, 6.45) is 1.64. The number of rotatable bonds is 3. The molecule has 25 heavy (non-hydrogen) atoms. The van der Waals surface area contributed by atoms with Gasteiger partial charge in [0.05, 0.1) is 21.8 Å². The molecular weight excluding hydrogens is 346 g/mol. The van der Waals surface area contributed by atoms with Crippen LogP contribution < -0.4 is 5.69 Å². The summed E-state index contributed by atoms with van der Waals surface area (Å²) in [5, 5.41) is 9.34. The van der Waals surface area contributed by atoms with Crippen molar-refractivity contribution in [2.45, 2.75) is 36.2 Å². The molecule has 3 heterocycles. The van der Waals surface area contributed by atoms with Crippen LogP contribution in [0.25, 0.3) is 11.0 Å². The number of benzene rings is 1. The van der Waals surface area contributed by atoms with Gasteiger partial charge in [-0.25, -0.2) is 13.2 Å². The van der Waals surface area contributed by atoms with Gasteiger partial charge in [0.2, 0.25) is 10.0 Å². The van der Waals surface area contributed by atoms with E-state index < -0.39 is 28.0 Å². The second kappa shape index (κ2) is 5.18. The zero-order valence-electron chi connectivity index (χ0n) is 13.9. The number of aromatic nitrogens is 2. The summed E-state index contributed by atoms with van der Waals surface area (Å²) >= 11 is 0. The summed E-state index contributed by atoms with van der Waals surface area (Å²) in [6.45, 7) is 0. The molecule has 1 N–H and O–H groups in total. The molecule has 2 aliphatic rings. The van der Waals surface area contributed by atoms with E-state index in [9.17, 15) is 23.1 Å². The first-order valence-electron chi connectivity index (χ1n) is 8.15. The molecule has 0 unspecified atom stereocenters. The number of carboxylic acids is 1. The second-order valence-corrected chi connectivity index (χ2v) is 8.71. The molecule has 2 saturated heterocycles. The van der Waals surface area contributed by atoms with E-state index in [1.54, 1.807) is 20.2 Å². The summed E-state index contributed by atoms with van der Waals surface area (Å²) < 4.78 is 30.6. The molecule has 3 atom stereocenters. The maximum absolute atomic E-state index is 13.1. The van der Waals surface area contributed by atoms with Gasteiger partial charge in [-0.3, -0.25) is 13.9 Å². The van der Waals surface area contributed by atoms with Gasteiger partial charge in [-0.15, -0.1) is 0 Å². The van der Waals surface area contributed by atoms with E-state index in [0.29, 0.717) is 30.3 Å². The van der Waals surface area contributed by atoms with E-state index >= 15 is 0 Å². The molecule has 0 saturated carbocycles. The third-order valence-corrected chi connectivity index (χ3v) is 7.58. The highest BCUT2D eigenvalue weighted by Gasteiger charge is 2.54. The Balaban J connectivity index is 1.82. The van der Waals surface area contributed by atoms with Gasteiger partial charge in [-0.1, -0.05) is 0 Å². The lowest BCUT2D eigenvalue weighted by Crippen LogP contribution is -2.37. The first-order chi connectivity index (χ1) is 11.7. The molecule has 1 aromatic heterocycles. The lowest BCUT2D eigenvalue weighted by atomic mass is 9.89. The predicted octanol–water partition coefficient (Wildman–Crippen LogP) is 0.503. The summed E-state index contributed by atoms with van der Waals surface area (Å²) in [7, 11) is -0.573. The van der Waals surface area contributed by atoms with Crippen LogP contribution in [0.1, 0.15) is 19.3 Å². The Morgan fingerprint density at radius 1 is 1.16 bits per heavy atom. The number of carbonyl (C=O) groups is 1. The second-order valence-electron chi connectivity index (χ2n) is 6.87. The highest BCUT2D eigenvalue weighted by atomic mass is 32.2. The smallest absolute Gasteiger partial charge is 0.328 e. The molecule has 1 aromatic carbocycles. The van der Waals surface area contributed by atoms with Crippen LogP contribution in [0, 0.1) is 5.92 Å². The molecule has 0 radical (unpaired) electrons. The number of hydrogen-bond donors (Lipinski definition) is 1. The number of hydrogen-bond acceptors (Lipinski definition) is 4. The molecule has 4 rings (SSSR count). The van der Waals surface area contributed by atoms with Crippen LogP contribution in [-0.4, -0.2) is 45.0 Å². The lowest BCUT2D eigenvalue weighted by molar-refractivity contribution is -0.142. The SMILES string of the molecule is Cn1c(=O)n(C)c2cc(S(=O)(=O)N3[C@H]4CC[C@H]3[C@@H](C(=O)O)C4)ccc21. The Hall–Kier alpha value is -2.13. The minimum absolute atomic E-state index is 0.101. The van der Waals surface area contributed by atoms with Crippen LogP contribution in [0.4, 0.5) is 0 Å². The van der Waals surface area contributed by atoms with Gasteiger partial charge >= 0.3 is 11.7 Å². The average molecular weight is 365 g/mol. The molecule has 2 aromatic rings. The van der Waals surface area contributed by atoms with Crippen LogP contribution in [-0.2, 0) is 28.9 Å². The fourth-order valence-electron chi connectivity index (χ4n) is 4.35. The Bertz CT molecular complexity index is 1050. The molecule has 2 bridgehead atoms. The number of fused-ring (bicyclic) bond motifs is 3. The van der Waals surface area contributed by atoms with Gasteiger partial charge in [0.15, 0.2) is 0 Å². The number of aryl methyl sites for hydroxylation is 2. The maximum atomic E-state index is 13.1. The minimum Gasteiger partial charge on any atom is -0.481 e. The fraction of sp³-hybridized carbons (Fsp3) is 0.500. The Kier molecular flexibility index (Phi) is 3.39. The maximum Gasteiger partial charge on any atom is 0.328 e. The first kappa shape index (κ1) is 16.3. The van der Waals surface area contributed by atoms with Gasteiger partial charge < -0.3 is 5.11 Å². The van der Waals surface area contributed by atoms with Crippen molar-refractivity contribution < 1.29 is 18.3 Å². The summed E-state index contributed by atoms with van der Waals surface area (Å²) in [4.78, 5) is 23.5. The standard InChI is InChI=1S/C16H19N3O5S/c1-17-13-6-4-10(8-14(13)18(2)16(17)22)25(23,24)19-9-3-5-12(19)11(7-9)15(20)21/h4,6,8-9,11-12H,3,5,7H2,1-2H3,(H,20,21)/t9-,11-,12-/m0/s1. The van der Waals surface area contributed by atoms with E-state index in [1.807, 2.05) is 0 Å². The molecule has 9 heteroatoms. The number of imidazole rings is 1. The van der Waals surface area contributed by atoms with Crippen molar-refractivity contribution in [1.82, 2.24) is 13.4 Å². The van der Waals surface area contributed by atoms with Crippen LogP contribution in [0.15, 0.2) is 27.9 Å². The minimum atomic E-state index is -3.81. The fourth-order valence-corrected chi connectivity index (χ4v) is 6.28. The van der Waals surface area contributed by atoms with Gasteiger partial charge in [0.25, 0.3) is 0 Å². The highest BCUT2D eigenvalue weighted by Crippen LogP contribution is 2.45. The highest BCUT2D eigenvalue weighted by molar-refractivity contribution is 7.89. The Morgan fingerprint density at radius 3 is 2.48 bits per heavy atom. The molecule has 2 aliphatic heterocycles. The van der Waals surface area contributed by atoms with E-state index in [1.165, 1.54) is 25.6 Å². The molecule has 0 amide bonds. The topological polar surface area (TPSA) is 102 Å². The van der Waals surface area contributed by atoms with Crippen molar-refractivity contribution in [2.24, 2.45) is 20.0 Å². The van der Waals surface area contributed by atoms with Gasteiger partial charge in [-0.2, -0.15) is 4.31 Å². The molecule has 0 aliphatic carbocycles. The van der Waals surface area contributed by atoms with Crippen molar-refractivity contribution >= 4 is 27.0 Å². The van der Waals surface area contributed by atoms with Crippen LogP contribution >= 0.6 is 0 Å². The monoisotopic (exact) mass is 365 g/mol. The Labute approximate surface area is 144 Å². The summed E-state index contributed by atoms with van der Waals surface area (Å²) in [5.41, 5.74) is 0.964. The third-order valence-electron chi connectivity index (χ3n) is 5.61. The van der Waals surface area contributed by atoms with Crippen LogP contribution in [0.3, 0.4) is 0 Å². The summed E-state index contributed by atoms with van der Waals surface area (Å²) in [6, 6.07) is 3.87. The third kappa shape index (κ3) is 2.12. The van der Waals surface area contributed by atoms with Crippen molar-refractivity contribution in [1.29, 1.82) is 0 Å². The average Bonchev–Trinajstić information content (AvgIpc) is 3.23. The molecule has 8 nitrogen and oxygen atoms in total. The normalized spacial score (nSPS) is 26.6. The van der Waals surface area contributed by atoms with Crippen molar-refractivity contribution in [2.75, 3.05) is 0 Å². The number of carboxylic acid groups (broad SMARTS) is 1. The zero-order valence-corrected chi connectivity index (χ0v) is 14.7. The molecular formula is C16H19N3O5S. The Morgan fingerprint density at radius 2 is 1.84 bits per heavy atom. The number of nitrogens with zero attached hydrogens (tertiary/aromatic N) is 3. The number of sulfonamides is 1. The van der Waals surface area contributed by atoms with Crippen LogP contribution in [0.2, 0.25) is 0 Å². The largest absolute Gasteiger partial charge is 0.481 e.